The lowest BCUT2D eigenvalue weighted by atomic mass is 9.93. The van der Waals surface area contributed by atoms with Crippen molar-refractivity contribution in [3.8, 4) is 22.3 Å². The highest BCUT2D eigenvalue weighted by molar-refractivity contribution is 5.91. The van der Waals surface area contributed by atoms with Gasteiger partial charge in [0.1, 0.15) is 0 Å². The van der Waals surface area contributed by atoms with Gasteiger partial charge in [0.2, 0.25) is 0 Å². The van der Waals surface area contributed by atoms with Gasteiger partial charge in [-0.05, 0) is 29.2 Å². The van der Waals surface area contributed by atoms with Crippen molar-refractivity contribution >= 4 is 5.69 Å². The number of hydrogen-bond donors (Lipinski definition) is 1. The molecule has 0 saturated carbocycles. The topological polar surface area (TPSA) is 12.0 Å². The molecule has 0 heterocycles. The second-order valence-corrected chi connectivity index (χ2v) is 6.09. The Morgan fingerprint density at radius 1 is 0.667 bits per heavy atom. The Hall–Kier alpha value is -2.54. The van der Waals surface area contributed by atoms with Gasteiger partial charge in [0, 0.05) is 17.8 Å². The van der Waals surface area contributed by atoms with Gasteiger partial charge in [-0.2, -0.15) is 0 Å². The molecule has 0 saturated heterocycles. The largest absolute Gasteiger partial charge is 0.385 e. The standard InChI is InChI=1S/C23H25N/c1-2-3-10-18-24-22-17-11-16-21(19-12-6-4-7-13-19)23(22)20-14-8-5-9-15-20/h4-9,11-17,24H,2-3,10,18H2,1H3. The summed E-state index contributed by atoms with van der Waals surface area (Å²) in [6.07, 6.45) is 3.73. The molecule has 0 radical (unpaired) electrons. The summed E-state index contributed by atoms with van der Waals surface area (Å²) in [4.78, 5) is 0. The second-order valence-electron chi connectivity index (χ2n) is 6.09. The lowest BCUT2D eigenvalue weighted by Crippen LogP contribution is -2.03. The molecule has 0 unspecified atom stereocenters. The van der Waals surface area contributed by atoms with Crippen LogP contribution in [0.15, 0.2) is 78.9 Å². The highest BCUT2D eigenvalue weighted by Gasteiger charge is 2.11. The summed E-state index contributed by atoms with van der Waals surface area (Å²) in [6.45, 7) is 3.26. The molecule has 0 aromatic heterocycles. The minimum absolute atomic E-state index is 1.02. The first kappa shape index (κ1) is 16.3. The van der Waals surface area contributed by atoms with Gasteiger partial charge in [-0.1, -0.05) is 92.6 Å². The molecular weight excluding hydrogens is 290 g/mol. The summed E-state index contributed by atoms with van der Waals surface area (Å²) < 4.78 is 0. The Morgan fingerprint density at radius 3 is 2.00 bits per heavy atom. The normalized spacial score (nSPS) is 10.5. The van der Waals surface area contributed by atoms with Crippen LogP contribution in [0.4, 0.5) is 5.69 Å². The number of hydrogen-bond acceptors (Lipinski definition) is 1. The van der Waals surface area contributed by atoms with Crippen molar-refractivity contribution in [3.05, 3.63) is 78.9 Å². The Labute approximate surface area is 145 Å². The van der Waals surface area contributed by atoms with Gasteiger partial charge in [-0.25, -0.2) is 0 Å². The Balaban J connectivity index is 2.03. The van der Waals surface area contributed by atoms with Crippen LogP contribution in [0.3, 0.4) is 0 Å². The highest BCUT2D eigenvalue weighted by atomic mass is 14.9. The fourth-order valence-corrected chi connectivity index (χ4v) is 3.07. The van der Waals surface area contributed by atoms with Gasteiger partial charge in [0.25, 0.3) is 0 Å². The van der Waals surface area contributed by atoms with Gasteiger partial charge in [-0.15, -0.1) is 0 Å². The van der Waals surface area contributed by atoms with E-state index in [9.17, 15) is 0 Å². The molecule has 0 fully saturated rings. The van der Waals surface area contributed by atoms with Crippen LogP contribution in [-0.4, -0.2) is 6.54 Å². The molecule has 122 valence electrons. The van der Waals surface area contributed by atoms with E-state index in [-0.39, 0.29) is 0 Å². The number of unbranched alkanes of at least 4 members (excludes halogenated alkanes) is 2. The molecule has 0 aliphatic heterocycles. The number of benzene rings is 3. The Kier molecular flexibility index (Phi) is 5.68. The van der Waals surface area contributed by atoms with Crippen LogP contribution >= 0.6 is 0 Å². The summed E-state index contributed by atoms with van der Waals surface area (Å²) >= 11 is 0. The Morgan fingerprint density at radius 2 is 1.33 bits per heavy atom. The van der Waals surface area contributed by atoms with Crippen LogP contribution in [0.25, 0.3) is 22.3 Å². The molecule has 0 atom stereocenters. The SMILES string of the molecule is CCCCCNc1cccc(-c2ccccc2)c1-c1ccccc1. The van der Waals surface area contributed by atoms with Crippen molar-refractivity contribution in [2.75, 3.05) is 11.9 Å². The first-order valence-electron chi connectivity index (χ1n) is 8.88. The molecule has 0 bridgehead atoms. The van der Waals surface area contributed by atoms with E-state index in [1.54, 1.807) is 0 Å². The molecule has 1 heteroatoms. The van der Waals surface area contributed by atoms with Gasteiger partial charge >= 0.3 is 0 Å². The number of rotatable bonds is 7. The zero-order valence-corrected chi connectivity index (χ0v) is 14.3. The fraction of sp³-hybridized carbons (Fsp3) is 0.217. The molecule has 0 aliphatic carbocycles. The maximum atomic E-state index is 3.66. The summed E-state index contributed by atoms with van der Waals surface area (Å²) in [5.74, 6) is 0. The van der Waals surface area contributed by atoms with E-state index >= 15 is 0 Å². The predicted octanol–water partition coefficient (Wildman–Crippen LogP) is 6.62. The summed E-state index contributed by atoms with van der Waals surface area (Å²) in [5.41, 5.74) is 6.31. The molecular formula is C23H25N. The molecule has 3 rings (SSSR count). The van der Waals surface area contributed by atoms with Gasteiger partial charge in [0.15, 0.2) is 0 Å². The van der Waals surface area contributed by atoms with Crippen LogP contribution in [0.5, 0.6) is 0 Å². The van der Waals surface area contributed by atoms with Gasteiger partial charge in [0.05, 0.1) is 0 Å². The first-order valence-corrected chi connectivity index (χ1v) is 8.88. The van der Waals surface area contributed by atoms with Crippen LogP contribution in [0, 0.1) is 0 Å². The maximum absolute atomic E-state index is 3.66. The molecule has 1 nitrogen and oxygen atoms in total. The van der Waals surface area contributed by atoms with Crippen molar-refractivity contribution < 1.29 is 0 Å². The maximum Gasteiger partial charge on any atom is 0.0426 e. The summed E-state index contributed by atoms with van der Waals surface area (Å²) in [7, 11) is 0. The summed E-state index contributed by atoms with van der Waals surface area (Å²) in [5, 5.41) is 3.66. The first-order chi connectivity index (χ1) is 11.9. The van der Waals surface area contributed by atoms with E-state index in [1.165, 1.54) is 47.2 Å². The quantitative estimate of drug-likeness (QED) is 0.483. The molecule has 0 amide bonds. The van der Waals surface area contributed by atoms with E-state index in [0.29, 0.717) is 0 Å². The zero-order chi connectivity index (χ0) is 16.6. The molecule has 0 aliphatic rings. The average molecular weight is 315 g/mol. The minimum Gasteiger partial charge on any atom is -0.385 e. The van der Waals surface area contributed by atoms with Crippen molar-refractivity contribution in [3.63, 3.8) is 0 Å². The van der Waals surface area contributed by atoms with E-state index in [1.807, 2.05) is 0 Å². The van der Waals surface area contributed by atoms with Gasteiger partial charge in [-0.3, -0.25) is 0 Å². The molecule has 24 heavy (non-hydrogen) atoms. The molecule has 3 aromatic rings. The lowest BCUT2D eigenvalue weighted by molar-refractivity contribution is 0.744. The van der Waals surface area contributed by atoms with Crippen LogP contribution in [0.1, 0.15) is 26.2 Å². The van der Waals surface area contributed by atoms with E-state index in [2.05, 4.69) is 91.1 Å². The smallest absolute Gasteiger partial charge is 0.0426 e. The number of anilines is 1. The second kappa shape index (κ2) is 8.35. The van der Waals surface area contributed by atoms with Crippen LogP contribution in [-0.2, 0) is 0 Å². The lowest BCUT2D eigenvalue weighted by Gasteiger charge is -2.17. The van der Waals surface area contributed by atoms with Crippen molar-refractivity contribution in [2.24, 2.45) is 0 Å². The monoisotopic (exact) mass is 315 g/mol. The highest BCUT2D eigenvalue weighted by Crippen LogP contribution is 2.37. The van der Waals surface area contributed by atoms with Crippen molar-refractivity contribution in [1.82, 2.24) is 0 Å². The third-order valence-electron chi connectivity index (χ3n) is 4.31. The molecule has 0 spiro atoms. The van der Waals surface area contributed by atoms with Crippen molar-refractivity contribution in [1.29, 1.82) is 0 Å². The Bertz CT molecular complexity index is 748. The van der Waals surface area contributed by atoms with E-state index in [4.69, 9.17) is 0 Å². The number of nitrogens with one attached hydrogen (secondary N) is 1. The van der Waals surface area contributed by atoms with Crippen LogP contribution in [0.2, 0.25) is 0 Å². The third-order valence-corrected chi connectivity index (χ3v) is 4.31. The van der Waals surface area contributed by atoms with Crippen molar-refractivity contribution in [2.45, 2.75) is 26.2 Å². The fourth-order valence-electron chi connectivity index (χ4n) is 3.07. The summed E-state index contributed by atoms with van der Waals surface area (Å²) in [6, 6.07) is 27.9. The van der Waals surface area contributed by atoms with E-state index in [0.717, 1.165) is 6.54 Å². The third kappa shape index (κ3) is 3.86. The van der Waals surface area contributed by atoms with Gasteiger partial charge < -0.3 is 5.32 Å². The molecule has 1 N–H and O–H groups in total. The zero-order valence-electron chi connectivity index (χ0n) is 14.3. The van der Waals surface area contributed by atoms with Crippen LogP contribution < -0.4 is 5.32 Å². The minimum atomic E-state index is 1.02. The average Bonchev–Trinajstić information content (AvgIpc) is 2.66. The predicted molar refractivity (Wildman–Crippen MR) is 105 cm³/mol. The molecule has 3 aromatic carbocycles. The van der Waals surface area contributed by atoms with E-state index < -0.39 is 0 Å².